The summed E-state index contributed by atoms with van der Waals surface area (Å²) in [4.78, 5) is 8.87. The molecule has 1 rings (SSSR count). The van der Waals surface area contributed by atoms with E-state index in [9.17, 15) is 4.57 Å². The second-order valence-electron chi connectivity index (χ2n) is 4.32. The number of thioether (sulfide) groups is 1. The first-order chi connectivity index (χ1) is 11.1. The van der Waals surface area contributed by atoms with E-state index < -0.39 is 5.77 Å². The summed E-state index contributed by atoms with van der Waals surface area (Å²) < 4.78 is 23.8. The van der Waals surface area contributed by atoms with E-state index in [1.165, 1.54) is 22.8 Å². The van der Waals surface area contributed by atoms with Gasteiger partial charge in [-0.15, -0.1) is 0 Å². The normalized spacial score (nSPS) is 13.7. The maximum absolute atomic E-state index is 12.8. The third-order valence-corrected chi connectivity index (χ3v) is 10.7. The predicted octanol–water partition coefficient (Wildman–Crippen LogP) is 5.51. The van der Waals surface area contributed by atoms with Crippen molar-refractivity contribution in [2.45, 2.75) is 45.0 Å². The van der Waals surface area contributed by atoms with Gasteiger partial charge in [-0.2, -0.15) is 4.98 Å². The summed E-state index contributed by atoms with van der Waals surface area (Å²) in [5.74, 6) is 0.0788. The van der Waals surface area contributed by atoms with Crippen molar-refractivity contribution in [1.82, 2.24) is 9.97 Å². The third-order valence-electron chi connectivity index (χ3n) is 2.41. The molecular formula is C14H25N2O3PS3. The van der Waals surface area contributed by atoms with E-state index in [2.05, 4.69) is 23.8 Å². The zero-order chi connectivity index (χ0) is 17.1. The maximum atomic E-state index is 12.8. The average molecular weight is 397 g/mol. The molecule has 0 aliphatic heterocycles. The van der Waals surface area contributed by atoms with Crippen LogP contribution >= 0.6 is 40.3 Å². The lowest BCUT2D eigenvalue weighted by atomic mass is 10.4. The van der Waals surface area contributed by atoms with Gasteiger partial charge in [0.15, 0.2) is 5.16 Å². The summed E-state index contributed by atoms with van der Waals surface area (Å²) in [6, 6.07) is 1.82. The topological polar surface area (TPSA) is 61.3 Å². The van der Waals surface area contributed by atoms with E-state index in [1.54, 1.807) is 11.8 Å². The lowest BCUT2D eigenvalue weighted by molar-refractivity contribution is 0.322. The Kier molecular flexibility index (Phi) is 10.7. The van der Waals surface area contributed by atoms with Crippen LogP contribution in [0.4, 0.5) is 0 Å². The smallest absolute Gasteiger partial charge is 0.313 e. The molecule has 23 heavy (non-hydrogen) atoms. The van der Waals surface area contributed by atoms with Gasteiger partial charge in [0.05, 0.1) is 18.9 Å². The van der Waals surface area contributed by atoms with Crippen LogP contribution < -0.4 is 4.74 Å². The fourth-order valence-electron chi connectivity index (χ4n) is 1.56. The van der Waals surface area contributed by atoms with Crippen molar-refractivity contribution in [1.29, 1.82) is 0 Å². The van der Waals surface area contributed by atoms with Crippen LogP contribution in [0.3, 0.4) is 0 Å². The molecule has 1 heterocycles. The quantitative estimate of drug-likeness (QED) is 0.260. The third kappa shape index (κ3) is 8.16. The first-order valence-electron chi connectivity index (χ1n) is 7.74. The highest BCUT2D eigenvalue weighted by atomic mass is 33.1. The highest BCUT2D eigenvalue weighted by Gasteiger charge is 2.24. The molecule has 9 heteroatoms. The van der Waals surface area contributed by atoms with Crippen LogP contribution in [0.15, 0.2) is 11.2 Å². The van der Waals surface area contributed by atoms with E-state index >= 15 is 0 Å². The predicted molar refractivity (Wildman–Crippen MR) is 103 cm³/mol. The summed E-state index contributed by atoms with van der Waals surface area (Å²) in [7, 11) is 0. The first-order valence-corrected chi connectivity index (χ1v) is 13.5. The van der Waals surface area contributed by atoms with Gasteiger partial charge in [0.2, 0.25) is 5.88 Å². The van der Waals surface area contributed by atoms with E-state index in [4.69, 9.17) is 9.26 Å². The van der Waals surface area contributed by atoms with E-state index in [-0.39, 0.29) is 0 Å². The molecule has 1 atom stereocenters. The largest absolute Gasteiger partial charge is 0.478 e. The first kappa shape index (κ1) is 21.2. The van der Waals surface area contributed by atoms with Gasteiger partial charge in [-0.05, 0) is 26.0 Å². The molecule has 132 valence electrons. The van der Waals surface area contributed by atoms with Crippen molar-refractivity contribution >= 4 is 40.3 Å². The summed E-state index contributed by atoms with van der Waals surface area (Å²) in [6.07, 6.45) is 0.974. The molecule has 0 radical (unpaired) electrons. The van der Waals surface area contributed by atoms with Crippen LogP contribution in [-0.2, 0) is 14.8 Å². The Hall–Kier alpha value is 0.120. The van der Waals surface area contributed by atoms with Gasteiger partial charge >= 0.3 is 5.77 Å². The minimum absolute atomic E-state index is 0.450. The fraction of sp³-hybridized carbons (Fsp3) is 0.714. The Morgan fingerprint density at radius 1 is 1.13 bits per heavy atom. The number of rotatable bonds is 12. The summed E-state index contributed by atoms with van der Waals surface area (Å²) >= 11 is 4.32. The molecule has 0 saturated heterocycles. The van der Waals surface area contributed by atoms with Crippen LogP contribution in [0.25, 0.3) is 0 Å². The van der Waals surface area contributed by atoms with Gasteiger partial charge in [0, 0.05) is 17.6 Å². The Bertz CT molecular complexity index is 496. The van der Waals surface area contributed by atoms with Gasteiger partial charge in [-0.25, -0.2) is 4.98 Å². The molecule has 0 bridgehead atoms. The van der Waals surface area contributed by atoms with Gasteiger partial charge in [-0.3, -0.25) is 4.57 Å². The molecule has 0 aliphatic rings. The zero-order valence-corrected chi connectivity index (χ0v) is 17.5. The van der Waals surface area contributed by atoms with Crippen LogP contribution in [0.2, 0.25) is 0 Å². The second-order valence-corrected chi connectivity index (χ2v) is 13.0. The van der Waals surface area contributed by atoms with Gasteiger partial charge in [-0.1, -0.05) is 48.4 Å². The standard InChI is InChI=1S/C14H25N2O3PS3/c1-5-9-22-20(17,19-7-3)23-11-12-10-13(18-6-2)16-14(15-12)21-8-4/h10H,5-9,11H2,1-4H3. The second kappa shape index (κ2) is 11.6. The number of ether oxygens (including phenoxy) is 1. The molecule has 0 aliphatic carbocycles. The van der Waals surface area contributed by atoms with Crippen molar-refractivity contribution in [3.63, 3.8) is 0 Å². The van der Waals surface area contributed by atoms with Crippen molar-refractivity contribution in [2.24, 2.45) is 0 Å². The van der Waals surface area contributed by atoms with Crippen molar-refractivity contribution in [2.75, 3.05) is 24.7 Å². The monoisotopic (exact) mass is 396 g/mol. The van der Waals surface area contributed by atoms with Gasteiger partial charge < -0.3 is 9.26 Å². The van der Waals surface area contributed by atoms with Crippen LogP contribution in [0.5, 0.6) is 5.88 Å². The molecule has 1 aromatic heterocycles. The molecular weight excluding hydrogens is 371 g/mol. The summed E-state index contributed by atoms with van der Waals surface area (Å²) in [5.41, 5.74) is 0.821. The summed E-state index contributed by atoms with van der Waals surface area (Å²) in [6.45, 7) is 8.93. The van der Waals surface area contributed by atoms with E-state index in [1.807, 2.05) is 19.9 Å². The number of aromatic nitrogens is 2. The van der Waals surface area contributed by atoms with Crippen LogP contribution in [0.1, 0.15) is 39.8 Å². The minimum atomic E-state index is -2.74. The van der Waals surface area contributed by atoms with Crippen LogP contribution in [-0.4, -0.2) is 34.7 Å². The maximum Gasteiger partial charge on any atom is 0.313 e. The number of hydrogen-bond acceptors (Lipinski definition) is 8. The molecule has 0 aromatic carbocycles. The van der Waals surface area contributed by atoms with Gasteiger partial charge in [0.25, 0.3) is 0 Å². The molecule has 0 spiro atoms. The Morgan fingerprint density at radius 3 is 2.52 bits per heavy atom. The Labute approximate surface area is 151 Å². The van der Waals surface area contributed by atoms with Crippen molar-refractivity contribution in [3.05, 3.63) is 11.8 Å². The number of nitrogens with zero attached hydrogens (tertiary/aromatic N) is 2. The van der Waals surface area contributed by atoms with Crippen LogP contribution in [0, 0.1) is 0 Å². The molecule has 0 amide bonds. The SMILES string of the molecule is CCCSP(=O)(OCC)SCc1cc(OCC)nc(SCC)n1. The minimum Gasteiger partial charge on any atom is -0.478 e. The Balaban J connectivity index is 2.82. The lowest BCUT2D eigenvalue weighted by Gasteiger charge is -2.16. The molecule has 5 nitrogen and oxygen atoms in total. The lowest BCUT2D eigenvalue weighted by Crippen LogP contribution is -2.00. The molecule has 0 N–H and O–H groups in total. The molecule has 1 unspecified atom stereocenters. The summed E-state index contributed by atoms with van der Waals surface area (Å²) in [5, 5.41) is 0.696. The fourth-order valence-corrected chi connectivity index (χ4v) is 8.74. The van der Waals surface area contributed by atoms with E-state index in [0.717, 1.165) is 23.6 Å². The van der Waals surface area contributed by atoms with Crippen molar-refractivity contribution in [3.8, 4) is 5.88 Å². The highest BCUT2D eigenvalue weighted by molar-refractivity contribution is 8.89. The van der Waals surface area contributed by atoms with Gasteiger partial charge in [0.1, 0.15) is 0 Å². The molecule has 1 aromatic rings. The van der Waals surface area contributed by atoms with E-state index in [0.29, 0.717) is 30.0 Å². The number of hydrogen-bond donors (Lipinski definition) is 0. The molecule has 0 saturated carbocycles. The zero-order valence-electron chi connectivity index (χ0n) is 14.1. The average Bonchev–Trinajstić information content (AvgIpc) is 2.52. The molecule has 0 fully saturated rings. The van der Waals surface area contributed by atoms with Crippen molar-refractivity contribution < 1.29 is 13.8 Å². The highest BCUT2D eigenvalue weighted by Crippen LogP contribution is 2.70. The Morgan fingerprint density at radius 2 is 1.91 bits per heavy atom.